The van der Waals surface area contributed by atoms with E-state index in [4.69, 9.17) is 0 Å². The van der Waals surface area contributed by atoms with Gasteiger partial charge in [0.2, 0.25) is 0 Å². The lowest BCUT2D eigenvalue weighted by Crippen LogP contribution is -2.55. The number of thiophene rings is 1. The Balaban J connectivity index is 0.000000129. The molecule has 0 amide bonds. The van der Waals surface area contributed by atoms with Gasteiger partial charge in [0.25, 0.3) is 0 Å². The van der Waals surface area contributed by atoms with Crippen molar-refractivity contribution in [2.45, 2.75) is 75.0 Å². The molecule has 27 rings (SSSR count). The Morgan fingerprint density at radius 3 is 1.17 bits per heavy atom. The van der Waals surface area contributed by atoms with Crippen LogP contribution in [0.5, 0.6) is 0 Å². The Kier molecular flexibility index (Phi) is 14.1. The highest BCUT2D eigenvalue weighted by Gasteiger charge is 2.63. The molecule has 4 heteroatoms. The van der Waals surface area contributed by atoms with Crippen molar-refractivity contribution in [1.82, 2.24) is 4.57 Å². The molecule has 0 saturated heterocycles. The zero-order chi connectivity index (χ0) is 71.9. The number of anilines is 6. The van der Waals surface area contributed by atoms with Crippen LogP contribution in [0.15, 0.2) is 334 Å². The van der Waals surface area contributed by atoms with Crippen molar-refractivity contribution < 1.29 is 0 Å². The second-order valence-electron chi connectivity index (χ2n) is 33.9. The first-order valence-corrected chi connectivity index (χ1v) is 41.5. The fourth-order valence-electron chi connectivity index (χ4n) is 24.8. The minimum Gasteiger partial charge on any atom is -0.310 e. The minimum atomic E-state index is 0.170. The van der Waals surface area contributed by atoms with Crippen molar-refractivity contribution in [1.29, 1.82) is 0 Å². The van der Waals surface area contributed by atoms with Crippen LogP contribution in [0.25, 0.3) is 114 Å². The van der Waals surface area contributed by atoms with Crippen molar-refractivity contribution >= 4 is 109 Å². The molecule has 8 bridgehead atoms. The average Bonchev–Trinajstić information content (AvgIpc) is 1.50. The van der Waals surface area contributed by atoms with Gasteiger partial charge in [0.1, 0.15) is 0 Å². The smallest absolute Gasteiger partial charge is 0.0561 e. The molecule has 10 aliphatic carbocycles. The van der Waals surface area contributed by atoms with Gasteiger partial charge >= 0.3 is 0 Å². The van der Waals surface area contributed by atoms with E-state index in [0.717, 1.165) is 64.4 Å². The van der Waals surface area contributed by atoms with Crippen LogP contribution in [0.2, 0.25) is 0 Å². The Morgan fingerprint density at radius 2 is 0.636 bits per heavy atom. The average molecular weight is 1430 g/mol. The summed E-state index contributed by atoms with van der Waals surface area (Å²) in [4.78, 5) is 4.88. The number of fused-ring (bicyclic) bond motifs is 14. The first-order chi connectivity index (χ1) is 54.4. The van der Waals surface area contributed by atoms with E-state index in [1.165, 1.54) is 195 Å². The van der Waals surface area contributed by atoms with Crippen LogP contribution in [0.1, 0.15) is 86.5 Å². The molecule has 2 aromatic heterocycles. The van der Waals surface area contributed by atoms with Crippen molar-refractivity contribution in [3.8, 4) is 50.2 Å². The number of benzene rings is 15. The molecule has 15 aromatic carbocycles. The Morgan fingerprint density at radius 1 is 0.255 bits per heavy atom. The van der Waals surface area contributed by atoms with Crippen LogP contribution < -0.4 is 9.80 Å². The van der Waals surface area contributed by atoms with Gasteiger partial charge in [-0.25, -0.2) is 0 Å². The zero-order valence-corrected chi connectivity index (χ0v) is 62.5. The normalized spacial score (nSPS) is 23.2. The topological polar surface area (TPSA) is 11.4 Å². The summed E-state index contributed by atoms with van der Waals surface area (Å²) in [5, 5.41) is 10.2. The van der Waals surface area contributed by atoms with Gasteiger partial charge in [-0.1, -0.05) is 237 Å². The van der Waals surface area contributed by atoms with Crippen LogP contribution in [-0.4, -0.2) is 4.57 Å². The summed E-state index contributed by atoms with van der Waals surface area (Å²) in [6.07, 6.45) is 14.2. The van der Waals surface area contributed by atoms with Crippen molar-refractivity contribution in [3.63, 3.8) is 0 Å². The number of hydrogen-bond donors (Lipinski definition) is 0. The number of nitrogens with zero attached hydrogens (tertiary/aromatic N) is 3. The van der Waals surface area contributed by atoms with E-state index >= 15 is 0 Å². The molecule has 2 spiro atoms. The van der Waals surface area contributed by atoms with Gasteiger partial charge in [-0.05, 0) is 297 Å². The fraction of sp³-hybridized carbons (Fsp3) is 0.189. The van der Waals surface area contributed by atoms with E-state index in [0.29, 0.717) is 0 Å². The van der Waals surface area contributed by atoms with Gasteiger partial charge in [-0.2, -0.15) is 0 Å². The largest absolute Gasteiger partial charge is 0.310 e. The van der Waals surface area contributed by atoms with Crippen molar-refractivity contribution in [2.24, 2.45) is 47.3 Å². The molecule has 110 heavy (non-hydrogen) atoms. The van der Waals surface area contributed by atoms with E-state index in [9.17, 15) is 0 Å². The quantitative estimate of drug-likeness (QED) is 0.143. The molecule has 0 aliphatic heterocycles. The van der Waals surface area contributed by atoms with E-state index in [1.807, 2.05) is 11.3 Å². The molecule has 0 N–H and O–H groups in total. The molecular formula is C106H83N3S. The van der Waals surface area contributed by atoms with Gasteiger partial charge in [0, 0.05) is 81.6 Å². The first-order valence-electron chi connectivity index (χ1n) is 40.7. The van der Waals surface area contributed by atoms with Crippen LogP contribution in [0.4, 0.5) is 34.1 Å². The lowest BCUT2D eigenvalue weighted by atomic mass is 9.43. The molecule has 2 heterocycles. The van der Waals surface area contributed by atoms with Gasteiger partial charge in [-0.15, -0.1) is 11.3 Å². The van der Waals surface area contributed by atoms with Gasteiger partial charge in [-0.3, -0.25) is 0 Å². The van der Waals surface area contributed by atoms with Crippen LogP contribution in [0.3, 0.4) is 0 Å². The molecule has 528 valence electrons. The summed E-state index contributed by atoms with van der Waals surface area (Å²) in [7, 11) is 0. The SMILES string of the molecule is c1ccc(-n2c3ccccc3c3ccc(N(c4ccc(-c5cccc6c5-c5ccccc5C65C6CC7CC(C6)CC5C7)cc4)c4ccc5ccccc5c4)cc32)cc1.c1ccc2c(c1)-c1c(-c3ccc(N(c4ccc5ccccc5c4)c4ccc5c(c4)sc4ccccc45)cc3)cccc1C21C2CC3CC(C2)CC1C3. The number of hydrogen-bond acceptors (Lipinski definition) is 3. The maximum Gasteiger partial charge on any atom is 0.0561 e. The zero-order valence-electron chi connectivity index (χ0n) is 61.7. The fourth-order valence-corrected chi connectivity index (χ4v) is 25.9. The van der Waals surface area contributed by atoms with E-state index in [1.54, 1.807) is 22.3 Å². The molecule has 8 saturated carbocycles. The number of rotatable bonds is 9. The highest BCUT2D eigenvalue weighted by atomic mass is 32.1. The third kappa shape index (κ3) is 9.35. The van der Waals surface area contributed by atoms with Gasteiger partial charge in [0.05, 0.1) is 11.0 Å². The number of para-hydroxylation sites is 2. The highest BCUT2D eigenvalue weighted by Crippen LogP contribution is 2.72. The summed E-state index contributed by atoms with van der Waals surface area (Å²) >= 11 is 1.88. The summed E-state index contributed by atoms with van der Waals surface area (Å²) < 4.78 is 5.07. The maximum atomic E-state index is 2.52. The monoisotopic (exact) mass is 1430 g/mol. The van der Waals surface area contributed by atoms with E-state index < -0.39 is 0 Å². The number of aromatic nitrogens is 1. The van der Waals surface area contributed by atoms with Crippen molar-refractivity contribution in [3.05, 3.63) is 356 Å². The van der Waals surface area contributed by atoms with E-state index in [2.05, 4.69) is 348 Å². The summed E-state index contributed by atoms with van der Waals surface area (Å²) in [5.74, 6) is 6.85. The molecule has 0 radical (unpaired) electrons. The van der Waals surface area contributed by atoms with Crippen LogP contribution >= 0.6 is 11.3 Å². The van der Waals surface area contributed by atoms with Crippen LogP contribution in [0, 0.1) is 47.3 Å². The Bertz CT molecular complexity index is 6540. The van der Waals surface area contributed by atoms with Crippen molar-refractivity contribution in [2.75, 3.05) is 9.80 Å². The lowest BCUT2D eigenvalue weighted by Gasteiger charge is -2.61. The third-order valence-electron chi connectivity index (χ3n) is 28.6. The summed E-state index contributed by atoms with van der Waals surface area (Å²) in [6, 6.07) is 126. The highest BCUT2D eigenvalue weighted by molar-refractivity contribution is 7.25. The molecule has 8 fully saturated rings. The second-order valence-corrected chi connectivity index (χ2v) is 35.0. The molecule has 17 aromatic rings. The standard InChI is InChI=1S/C56H44N2.C50H39NS/c1-2-13-43(14-3-1)58-53-20-9-7-15-48(53)49-28-27-46(35-54(49)58)57(45-26-21-38-11-4-5-12-40(38)34-45)44-24-22-39(23-25-44)47-17-10-19-52-55(47)50-16-6-8-18-51(50)56(52)41-30-36-29-37(32-41)33-42(56)31-36;1-2-9-35-29-39(21-16-33(35)8-1)51(40-22-23-43-42-10-4-6-15-47(42)52-48(43)30-40)38-19-17-34(18-20-38)41-12-7-14-46-49(41)44-11-3-5-13-45(44)50(46)36-25-31-24-32(27-36)28-37(50)26-31/h1-28,34-37,41-42H,29-33H2;1-23,29-32,36-37H,24-28H2. The molecule has 3 nitrogen and oxygen atoms in total. The van der Waals surface area contributed by atoms with E-state index in [-0.39, 0.29) is 10.8 Å². The molecular weight excluding hydrogens is 1350 g/mol. The maximum absolute atomic E-state index is 2.52. The predicted molar refractivity (Wildman–Crippen MR) is 462 cm³/mol. The summed E-state index contributed by atoms with van der Waals surface area (Å²) in [5.41, 5.74) is 28.7. The Labute approximate surface area is 647 Å². The van der Waals surface area contributed by atoms with Gasteiger partial charge in [0.15, 0.2) is 0 Å². The predicted octanol–water partition coefficient (Wildman–Crippen LogP) is 28.9. The van der Waals surface area contributed by atoms with Gasteiger partial charge < -0.3 is 14.4 Å². The molecule has 0 atom stereocenters. The Hall–Kier alpha value is -11.6. The minimum absolute atomic E-state index is 0.170. The lowest BCUT2D eigenvalue weighted by molar-refractivity contribution is -0.0399. The molecule has 10 aliphatic rings. The second kappa shape index (κ2) is 24.5. The van der Waals surface area contributed by atoms with Crippen LogP contribution in [-0.2, 0) is 10.8 Å². The molecule has 0 unspecified atom stereocenters. The third-order valence-corrected chi connectivity index (χ3v) is 29.7. The first kappa shape index (κ1) is 63.4. The summed E-state index contributed by atoms with van der Waals surface area (Å²) in [6.45, 7) is 0.